The van der Waals surface area contributed by atoms with Gasteiger partial charge in [0.05, 0.1) is 0 Å². The molecule has 0 aliphatic heterocycles. The molecule has 0 bridgehead atoms. The monoisotopic (exact) mass is 320 g/mol. The lowest BCUT2D eigenvalue weighted by molar-refractivity contribution is -0.540. The third-order valence-electron chi connectivity index (χ3n) is 1.38. The Balaban J connectivity index is 5.34. The Morgan fingerprint density at radius 2 is 0.737 bits per heavy atom. The number of alkyl halides is 8. The van der Waals surface area contributed by atoms with Crippen molar-refractivity contribution in [2.45, 2.75) is 24.3 Å². The summed E-state index contributed by atoms with van der Waals surface area (Å²) < 4.78 is 143. The second-order valence-electron chi connectivity index (χ2n) is 2.68. The molecule has 0 heterocycles. The molecule has 0 aromatic rings. The molecule has 15 heteroatoms. The molecule has 0 atom stereocenters. The van der Waals surface area contributed by atoms with Crippen LogP contribution in [0.5, 0.6) is 0 Å². The van der Waals surface area contributed by atoms with Crippen LogP contribution in [-0.2, 0) is 4.74 Å². The summed E-state index contributed by atoms with van der Waals surface area (Å²) in [6.07, 6.45) is -13.8. The highest BCUT2D eigenvalue weighted by atomic mass is 19.4. The Morgan fingerprint density at radius 3 is 0.895 bits per heavy atom. The van der Waals surface area contributed by atoms with Crippen LogP contribution in [-0.4, -0.2) is 35.0 Å². The molecule has 0 aromatic heterocycles. The van der Waals surface area contributed by atoms with Crippen LogP contribution in [0.1, 0.15) is 0 Å². The second-order valence-corrected chi connectivity index (χ2v) is 2.68. The summed E-state index contributed by atoms with van der Waals surface area (Å²) >= 11 is 0. The lowest BCUT2D eigenvalue weighted by Gasteiger charge is -2.31. The average Bonchev–Trinajstić information content (AvgIpc) is 2.14. The van der Waals surface area contributed by atoms with Gasteiger partial charge in [-0.1, -0.05) is 17.9 Å². The molecule has 0 aliphatic carbocycles. The molecular weight excluding hydrogens is 320 g/mol. The summed E-state index contributed by atoms with van der Waals surface area (Å²) in [5.41, 5.74) is 0. The van der Waals surface area contributed by atoms with Crippen LogP contribution in [0.15, 0.2) is 0 Å². The van der Waals surface area contributed by atoms with E-state index in [0.717, 1.165) is 0 Å². The highest BCUT2D eigenvalue weighted by molar-refractivity contribution is 4.77. The number of halogens is 12. The molecule has 0 saturated heterocycles. The van der Waals surface area contributed by atoms with Crippen molar-refractivity contribution in [3.63, 3.8) is 0 Å². The van der Waals surface area contributed by atoms with Crippen LogP contribution >= 0.6 is 0 Å². The number of hydrogen-bond acceptors (Lipinski definition) is 3. The third kappa shape index (κ3) is 3.14. The fraction of sp³-hybridized carbons (Fsp3) is 1.00. The van der Waals surface area contributed by atoms with E-state index in [9.17, 15) is 53.0 Å². The molecule has 0 aliphatic rings. The van der Waals surface area contributed by atoms with E-state index in [-0.39, 0.29) is 0 Å². The maximum absolute atomic E-state index is 12.2. The molecule has 0 amide bonds. The summed E-state index contributed by atoms with van der Waals surface area (Å²) in [7, 11) is 0. The van der Waals surface area contributed by atoms with Crippen molar-refractivity contribution in [3.8, 4) is 0 Å². The van der Waals surface area contributed by atoms with Crippen molar-refractivity contribution in [2.24, 2.45) is 0 Å². The van der Waals surface area contributed by atoms with Gasteiger partial charge in [-0.3, -0.25) is 0 Å². The van der Waals surface area contributed by atoms with Crippen molar-refractivity contribution in [1.29, 1.82) is 0 Å². The Bertz CT molecular complexity index is 285. The molecule has 0 aromatic carbocycles. The van der Waals surface area contributed by atoms with E-state index < -0.39 is 35.0 Å². The highest BCUT2D eigenvalue weighted by Crippen LogP contribution is 2.47. The Morgan fingerprint density at radius 1 is 0.526 bits per heavy atom. The highest BCUT2D eigenvalue weighted by Gasteiger charge is 2.74. The summed E-state index contributed by atoms with van der Waals surface area (Å²) in [6, 6.07) is -13.5. The zero-order valence-corrected chi connectivity index (χ0v) is 7.84. The normalized spacial score (nSPS) is 15.5. The number of nitrogens with zero attached hydrogens (tertiary/aromatic N) is 2. The molecule has 116 valence electrons. The Hall–Kier alpha value is -0.960. The topological polar surface area (TPSA) is 15.7 Å². The van der Waals surface area contributed by atoms with Crippen molar-refractivity contribution in [3.05, 3.63) is 0 Å². The van der Waals surface area contributed by atoms with Gasteiger partial charge in [0.1, 0.15) is 10.7 Å². The quantitative estimate of drug-likeness (QED) is 0.423. The minimum atomic E-state index is -6.90. The first kappa shape index (κ1) is 18.0. The fourth-order valence-electron chi connectivity index (χ4n) is 0.481. The van der Waals surface area contributed by atoms with Crippen molar-refractivity contribution in [2.75, 3.05) is 0 Å². The number of rotatable bonds is 6. The van der Waals surface area contributed by atoms with Gasteiger partial charge in [-0.2, -0.15) is 35.1 Å². The minimum absolute atomic E-state index is 1.47. The molecule has 0 spiro atoms. The minimum Gasteiger partial charge on any atom is -0.243 e. The molecule has 0 unspecified atom stereocenters. The van der Waals surface area contributed by atoms with Crippen LogP contribution in [0.4, 0.5) is 53.0 Å². The van der Waals surface area contributed by atoms with Crippen LogP contribution in [0.2, 0.25) is 0 Å². The van der Waals surface area contributed by atoms with E-state index in [1.165, 1.54) is 4.74 Å². The molecule has 0 rings (SSSR count). The van der Waals surface area contributed by atoms with Gasteiger partial charge in [0, 0.05) is 0 Å². The summed E-state index contributed by atoms with van der Waals surface area (Å²) in [5.74, 6) is 0. The van der Waals surface area contributed by atoms with Crippen LogP contribution in [0.25, 0.3) is 0 Å². The van der Waals surface area contributed by atoms with Gasteiger partial charge in [0.15, 0.2) is 0 Å². The Labute approximate surface area is 94.2 Å². The van der Waals surface area contributed by atoms with Gasteiger partial charge in [-0.25, -0.2) is 4.74 Å². The average molecular weight is 320 g/mol. The van der Waals surface area contributed by atoms with E-state index in [0.29, 0.717) is 0 Å². The van der Waals surface area contributed by atoms with E-state index in [1.54, 1.807) is 0 Å². The van der Waals surface area contributed by atoms with Gasteiger partial charge < -0.3 is 0 Å². The molecule has 3 nitrogen and oxygen atoms in total. The van der Waals surface area contributed by atoms with E-state index in [4.69, 9.17) is 0 Å². The third-order valence-corrected chi connectivity index (χ3v) is 1.38. The van der Waals surface area contributed by atoms with Crippen molar-refractivity contribution in [1.82, 2.24) is 10.7 Å². The smallest absolute Gasteiger partial charge is 0.243 e. The van der Waals surface area contributed by atoms with Gasteiger partial charge in [0.2, 0.25) is 0 Å². The van der Waals surface area contributed by atoms with Gasteiger partial charge in [-0.05, 0) is 0 Å². The molecular formula is C4F12N2O. The van der Waals surface area contributed by atoms with Crippen molar-refractivity contribution < 1.29 is 57.8 Å². The van der Waals surface area contributed by atoms with E-state index in [2.05, 4.69) is 0 Å². The van der Waals surface area contributed by atoms with Crippen molar-refractivity contribution >= 4 is 0 Å². The maximum atomic E-state index is 12.2. The molecule has 0 fully saturated rings. The van der Waals surface area contributed by atoms with Gasteiger partial charge in [0.25, 0.3) is 0 Å². The number of hydrogen-bond donors (Lipinski definition) is 0. The number of ether oxygens (including phenoxy) is 1. The lowest BCUT2D eigenvalue weighted by Crippen LogP contribution is -2.58. The molecule has 0 radical (unpaired) electrons. The molecule has 19 heavy (non-hydrogen) atoms. The Kier molecular flexibility index (Phi) is 4.61. The lowest BCUT2D eigenvalue weighted by atomic mass is 10.4. The fourth-order valence-corrected chi connectivity index (χ4v) is 0.481. The second kappa shape index (κ2) is 4.86. The first-order valence-corrected chi connectivity index (χ1v) is 3.54. The molecule has 0 N–H and O–H groups in total. The first-order valence-electron chi connectivity index (χ1n) is 3.54. The standard InChI is InChI=1S/C4F12N2O/c5-1(6,17(13)14)3(9,10)19-4(11,12)2(7,8)18(15)16. The zero-order chi connectivity index (χ0) is 15.9. The SMILES string of the molecule is FN(F)C(F)(F)C(F)(F)OC(F)(F)C(F)(F)N(F)F. The van der Waals surface area contributed by atoms with Gasteiger partial charge in [-0.15, -0.1) is 0 Å². The summed E-state index contributed by atoms with van der Waals surface area (Å²) in [5, 5.41) is -7.24. The largest absolute Gasteiger partial charge is 0.447 e. The van der Waals surface area contributed by atoms with Gasteiger partial charge >= 0.3 is 24.3 Å². The van der Waals surface area contributed by atoms with Crippen LogP contribution in [0, 0.1) is 0 Å². The van der Waals surface area contributed by atoms with E-state index >= 15 is 0 Å². The van der Waals surface area contributed by atoms with Crippen LogP contribution in [0.3, 0.4) is 0 Å². The van der Waals surface area contributed by atoms with Crippen LogP contribution < -0.4 is 0 Å². The summed E-state index contributed by atoms with van der Waals surface area (Å²) in [6.45, 7) is 0. The first-order chi connectivity index (χ1) is 8.09. The predicted molar refractivity (Wildman–Crippen MR) is 29.0 cm³/mol. The summed E-state index contributed by atoms with van der Waals surface area (Å²) in [4.78, 5) is 0. The zero-order valence-electron chi connectivity index (χ0n) is 7.84. The molecule has 0 saturated carbocycles. The maximum Gasteiger partial charge on any atom is 0.447 e. The predicted octanol–water partition coefficient (Wildman–Crippen LogP) is 3.52. The van der Waals surface area contributed by atoms with E-state index in [1.807, 2.05) is 0 Å².